The summed E-state index contributed by atoms with van der Waals surface area (Å²) in [7, 11) is 0. The number of thioether (sulfide) groups is 1. The Morgan fingerprint density at radius 3 is 2.41 bits per heavy atom. The fraction of sp³-hybridized carbons (Fsp3) is 0.320. The first-order valence-electron chi connectivity index (χ1n) is 11.5. The summed E-state index contributed by atoms with van der Waals surface area (Å²) in [5.41, 5.74) is 4.68. The number of rotatable bonds is 11. The average Bonchev–Trinajstić information content (AvgIpc) is 2.88. The molecule has 0 atom stereocenters. The van der Waals surface area contributed by atoms with Crippen LogP contribution in [0.2, 0.25) is 5.02 Å². The molecule has 0 fully saturated rings. The molecule has 1 aromatic heterocycles. The van der Waals surface area contributed by atoms with Gasteiger partial charge in [0, 0.05) is 11.6 Å². The molecule has 196 valence electrons. The lowest BCUT2D eigenvalue weighted by molar-refractivity contribution is -0.146. The number of para-hydroxylation sites is 1. The Bertz CT molecular complexity index is 1310. The summed E-state index contributed by atoms with van der Waals surface area (Å²) < 4.78 is 11.8. The second-order valence-corrected chi connectivity index (χ2v) is 9.72. The number of aromatic nitrogens is 2. The van der Waals surface area contributed by atoms with E-state index >= 15 is 0 Å². The number of hydrogen-bond acceptors (Lipinski definition) is 8. The molecule has 3 rings (SSSR count). The van der Waals surface area contributed by atoms with Gasteiger partial charge in [-0.15, -0.1) is 0 Å². The van der Waals surface area contributed by atoms with Crippen LogP contribution in [0.1, 0.15) is 20.3 Å². The standard InChI is InChI=1S/C25H27ClN4O6S/c1-16(2)11-12-30-24(34)19-5-3-4-6-20(19)27-25(30)37-15-23(33)36-14-22(32)29-28-21(31)13-35-18-9-7-17(26)8-10-18/h3-10,16H,11-15H2,1-2H3,(H,28,31)(H,29,32). The van der Waals surface area contributed by atoms with Crippen LogP contribution in [0.5, 0.6) is 5.75 Å². The van der Waals surface area contributed by atoms with Crippen LogP contribution >= 0.6 is 23.4 Å². The van der Waals surface area contributed by atoms with E-state index < -0.39 is 24.4 Å². The van der Waals surface area contributed by atoms with Gasteiger partial charge in [-0.1, -0.05) is 49.3 Å². The minimum atomic E-state index is -0.726. The fourth-order valence-corrected chi connectivity index (χ4v) is 3.99. The SMILES string of the molecule is CC(C)CCn1c(SCC(=O)OCC(=O)NNC(=O)COc2ccc(Cl)cc2)nc2ccccc2c1=O. The Labute approximate surface area is 222 Å². The van der Waals surface area contributed by atoms with Crippen LogP contribution < -0.4 is 21.1 Å². The van der Waals surface area contributed by atoms with Gasteiger partial charge in [0.1, 0.15) is 5.75 Å². The largest absolute Gasteiger partial charge is 0.484 e. The van der Waals surface area contributed by atoms with Crippen LogP contribution in [-0.4, -0.2) is 46.3 Å². The van der Waals surface area contributed by atoms with Gasteiger partial charge < -0.3 is 9.47 Å². The molecule has 37 heavy (non-hydrogen) atoms. The molecule has 10 nitrogen and oxygen atoms in total. The van der Waals surface area contributed by atoms with Gasteiger partial charge in [-0.25, -0.2) is 4.98 Å². The van der Waals surface area contributed by atoms with Gasteiger partial charge in [0.15, 0.2) is 18.4 Å². The zero-order chi connectivity index (χ0) is 26.8. The molecular weight excluding hydrogens is 520 g/mol. The predicted molar refractivity (Wildman–Crippen MR) is 140 cm³/mol. The van der Waals surface area contributed by atoms with Crippen LogP contribution in [0.25, 0.3) is 10.9 Å². The third-order valence-corrected chi connectivity index (χ3v) is 6.17. The molecule has 2 N–H and O–H groups in total. The van der Waals surface area contributed by atoms with E-state index in [0.717, 1.165) is 18.2 Å². The van der Waals surface area contributed by atoms with Gasteiger partial charge in [0.25, 0.3) is 17.4 Å². The summed E-state index contributed by atoms with van der Waals surface area (Å²) in [5, 5.41) is 1.44. The molecule has 0 radical (unpaired) electrons. The second kappa shape index (κ2) is 13.7. The van der Waals surface area contributed by atoms with Crippen LogP contribution in [-0.2, 0) is 25.7 Å². The van der Waals surface area contributed by atoms with E-state index in [1.54, 1.807) is 53.1 Å². The average molecular weight is 547 g/mol. The Kier molecular flexibility index (Phi) is 10.3. The molecule has 0 saturated carbocycles. The fourth-order valence-electron chi connectivity index (χ4n) is 3.04. The van der Waals surface area contributed by atoms with Gasteiger partial charge in [-0.05, 0) is 48.7 Å². The quantitative estimate of drug-likeness (QED) is 0.162. The summed E-state index contributed by atoms with van der Waals surface area (Å²) in [6.45, 7) is 3.65. The smallest absolute Gasteiger partial charge is 0.316 e. The van der Waals surface area contributed by atoms with E-state index in [-0.39, 0.29) is 17.9 Å². The van der Waals surface area contributed by atoms with Crippen molar-refractivity contribution in [1.82, 2.24) is 20.4 Å². The van der Waals surface area contributed by atoms with Crippen LogP contribution in [0.15, 0.2) is 58.5 Å². The third kappa shape index (κ3) is 8.80. The van der Waals surface area contributed by atoms with Crippen molar-refractivity contribution >= 4 is 52.0 Å². The first-order valence-corrected chi connectivity index (χ1v) is 12.8. The Morgan fingerprint density at radius 1 is 1.03 bits per heavy atom. The number of fused-ring (bicyclic) bond motifs is 1. The highest BCUT2D eigenvalue weighted by Gasteiger charge is 2.15. The number of halogens is 1. The van der Waals surface area contributed by atoms with Crippen molar-refractivity contribution in [3.8, 4) is 5.75 Å². The predicted octanol–water partition coefficient (Wildman–Crippen LogP) is 2.96. The summed E-state index contributed by atoms with van der Waals surface area (Å²) >= 11 is 6.84. The Balaban J connectivity index is 1.46. The number of carbonyl (C=O) groups excluding carboxylic acids is 3. The van der Waals surface area contributed by atoms with E-state index in [4.69, 9.17) is 21.1 Å². The van der Waals surface area contributed by atoms with E-state index in [1.807, 2.05) is 0 Å². The third-order valence-electron chi connectivity index (χ3n) is 4.96. The van der Waals surface area contributed by atoms with Crippen molar-refractivity contribution in [1.29, 1.82) is 0 Å². The minimum Gasteiger partial charge on any atom is -0.484 e. The van der Waals surface area contributed by atoms with E-state index in [0.29, 0.717) is 39.3 Å². The number of amides is 2. The van der Waals surface area contributed by atoms with Gasteiger partial charge in [-0.2, -0.15) is 0 Å². The molecule has 0 aliphatic rings. The van der Waals surface area contributed by atoms with Gasteiger partial charge in [-0.3, -0.25) is 34.6 Å². The van der Waals surface area contributed by atoms with Crippen LogP contribution in [0, 0.1) is 5.92 Å². The molecule has 0 aliphatic heterocycles. The van der Waals surface area contributed by atoms with Gasteiger partial charge in [0.05, 0.1) is 16.7 Å². The van der Waals surface area contributed by atoms with E-state index in [9.17, 15) is 19.2 Å². The Hall–Kier alpha value is -3.57. The molecule has 0 saturated heterocycles. The van der Waals surface area contributed by atoms with Crippen LogP contribution in [0.3, 0.4) is 0 Å². The van der Waals surface area contributed by atoms with Gasteiger partial charge >= 0.3 is 5.97 Å². The second-order valence-electron chi connectivity index (χ2n) is 8.34. The Morgan fingerprint density at radius 2 is 1.70 bits per heavy atom. The first-order chi connectivity index (χ1) is 17.7. The van der Waals surface area contributed by atoms with Crippen molar-refractivity contribution in [2.45, 2.75) is 32.0 Å². The molecule has 0 spiro atoms. The summed E-state index contributed by atoms with van der Waals surface area (Å²) in [4.78, 5) is 53.5. The highest BCUT2D eigenvalue weighted by molar-refractivity contribution is 7.99. The number of benzene rings is 2. The van der Waals surface area contributed by atoms with Crippen molar-refractivity contribution in [2.75, 3.05) is 19.0 Å². The highest BCUT2D eigenvalue weighted by Crippen LogP contribution is 2.19. The van der Waals surface area contributed by atoms with Crippen LogP contribution in [0.4, 0.5) is 0 Å². The maximum atomic E-state index is 13.0. The number of nitrogens with one attached hydrogen (secondary N) is 2. The van der Waals surface area contributed by atoms with Gasteiger partial charge in [0.2, 0.25) is 0 Å². The lowest BCUT2D eigenvalue weighted by atomic mass is 10.1. The molecule has 12 heteroatoms. The molecular formula is C25H27ClN4O6S. The number of hydrogen-bond donors (Lipinski definition) is 2. The van der Waals surface area contributed by atoms with Crippen molar-refractivity contribution in [3.05, 3.63) is 63.9 Å². The van der Waals surface area contributed by atoms with Crippen molar-refractivity contribution in [2.24, 2.45) is 5.92 Å². The number of ether oxygens (including phenoxy) is 2. The molecule has 3 aromatic rings. The number of hydrazine groups is 1. The molecule has 0 bridgehead atoms. The molecule has 1 heterocycles. The molecule has 0 unspecified atom stereocenters. The van der Waals surface area contributed by atoms with E-state index in [2.05, 4.69) is 29.7 Å². The molecule has 0 aliphatic carbocycles. The number of carbonyl (C=O) groups is 3. The summed E-state index contributed by atoms with van der Waals surface area (Å²) in [6, 6.07) is 13.5. The highest BCUT2D eigenvalue weighted by atomic mass is 35.5. The monoisotopic (exact) mass is 546 g/mol. The zero-order valence-corrected chi connectivity index (χ0v) is 21.9. The number of nitrogens with zero attached hydrogens (tertiary/aromatic N) is 2. The summed E-state index contributed by atoms with van der Waals surface area (Å²) in [6.07, 6.45) is 0.772. The number of esters is 1. The first kappa shape index (κ1) is 28.0. The normalized spacial score (nSPS) is 10.8. The topological polar surface area (TPSA) is 129 Å². The van der Waals surface area contributed by atoms with E-state index in [1.165, 1.54) is 0 Å². The lowest BCUT2D eigenvalue weighted by Crippen LogP contribution is -2.45. The van der Waals surface area contributed by atoms with Crippen molar-refractivity contribution in [3.63, 3.8) is 0 Å². The maximum Gasteiger partial charge on any atom is 0.316 e. The zero-order valence-electron chi connectivity index (χ0n) is 20.4. The van der Waals surface area contributed by atoms with Crippen molar-refractivity contribution < 1.29 is 23.9 Å². The molecule has 2 aromatic carbocycles. The lowest BCUT2D eigenvalue weighted by Gasteiger charge is -2.14. The summed E-state index contributed by atoms with van der Waals surface area (Å²) in [5.74, 6) is -1.34. The maximum absolute atomic E-state index is 13.0. The minimum absolute atomic E-state index is 0.152. The molecule has 2 amide bonds.